The van der Waals surface area contributed by atoms with E-state index in [0.29, 0.717) is 34.6 Å². The Morgan fingerprint density at radius 3 is 2.64 bits per heavy atom. The van der Waals surface area contributed by atoms with Gasteiger partial charge in [0.05, 0.1) is 21.3 Å². The maximum Gasteiger partial charge on any atom is 0.255 e. The molecule has 168 valence electrons. The van der Waals surface area contributed by atoms with Crippen molar-refractivity contribution in [2.75, 3.05) is 12.3 Å². The molecule has 1 aliphatic rings. The molecule has 0 spiro atoms. The number of halogens is 2. The van der Waals surface area contributed by atoms with Gasteiger partial charge in [-0.1, -0.05) is 29.3 Å². The lowest BCUT2D eigenvalue weighted by molar-refractivity contribution is 0.236. The van der Waals surface area contributed by atoms with Gasteiger partial charge in [0, 0.05) is 55.7 Å². The van der Waals surface area contributed by atoms with E-state index in [0.717, 1.165) is 41.9 Å². The zero-order valence-electron chi connectivity index (χ0n) is 17.9. The largest absolute Gasteiger partial charge is 0.399 e. The number of nitrogens with one attached hydrogen (secondary N) is 1. The predicted octanol–water partition coefficient (Wildman–Crippen LogP) is 4.73. The third kappa shape index (κ3) is 4.69. The van der Waals surface area contributed by atoms with Crippen molar-refractivity contribution in [3.8, 4) is 11.4 Å². The molecule has 0 amide bonds. The summed E-state index contributed by atoms with van der Waals surface area (Å²) in [5, 5.41) is 1.11. The number of H-pyrrole nitrogens is 1. The lowest BCUT2D eigenvalue weighted by atomic mass is 10.1. The number of aromatic amines is 1. The number of aromatic nitrogens is 3. The van der Waals surface area contributed by atoms with Crippen molar-refractivity contribution in [1.29, 1.82) is 0 Å². The van der Waals surface area contributed by atoms with Gasteiger partial charge >= 0.3 is 0 Å². The van der Waals surface area contributed by atoms with Crippen molar-refractivity contribution in [3.05, 3.63) is 104 Å². The smallest absolute Gasteiger partial charge is 0.255 e. The number of hydrogen-bond acceptors (Lipinski definition) is 4. The zero-order chi connectivity index (χ0) is 22.9. The standard InChI is InChI=1S/C25H23Cl2N5O/c26-21-8-3-16(12-22(21)27)13-32-10-1-2-19(32)14-31-11-9-23-20(15-31)25(33)30-24(29-23)17-4-6-18(28)7-5-17/h1-8,10,12H,9,11,13-15,28H2,(H,29,30,33). The molecule has 33 heavy (non-hydrogen) atoms. The molecule has 5 rings (SSSR count). The summed E-state index contributed by atoms with van der Waals surface area (Å²) in [7, 11) is 0. The van der Waals surface area contributed by atoms with E-state index in [1.54, 1.807) is 0 Å². The summed E-state index contributed by atoms with van der Waals surface area (Å²) in [5.41, 5.74) is 11.1. The number of fused-ring (bicyclic) bond motifs is 1. The molecule has 0 bridgehead atoms. The highest BCUT2D eigenvalue weighted by Crippen LogP contribution is 2.24. The van der Waals surface area contributed by atoms with Crippen LogP contribution < -0.4 is 11.3 Å². The summed E-state index contributed by atoms with van der Waals surface area (Å²) >= 11 is 12.2. The van der Waals surface area contributed by atoms with Gasteiger partial charge in [0.15, 0.2) is 0 Å². The Balaban J connectivity index is 1.32. The molecule has 6 nitrogen and oxygen atoms in total. The normalized spacial score (nSPS) is 13.8. The first kappa shape index (κ1) is 21.8. The van der Waals surface area contributed by atoms with Gasteiger partial charge in [-0.25, -0.2) is 4.98 Å². The molecule has 2 aromatic carbocycles. The quantitative estimate of drug-likeness (QED) is 0.405. The molecule has 0 aliphatic carbocycles. The van der Waals surface area contributed by atoms with E-state index >= 15 is 0 Å². The molecule has 0 radical (unpaired) electrons. The van der Waals surface area contributed by atoms with Crippen LogP contribution in [0.5, 0.6) is 0 Å². The molecule has 0 saturated heterocycles. The number of nitrogens with zero attached hydrogens (tertiary/aromatic N) is 3. The van der Waals surface area contributed by atoms with Crippen molar-refractivity contribution >= 4 is 28.9 Å². The fraction of sp³-hybridized carbons (Fsp3) is 0.200. The van der Waals surface area contributed by atoms with Crippen molar-refractivity contribution < 1.29 is 0 Å². The van der Waals surface area contributed by atoms with Gasteiger partial charge in [-0.3, -0.25) is 9.69 Å². The second-order valence-corrected chi connectivity index (χ2v) is 9.11. The minimum Gasteiger partial charge on any atom is -0.399 e. The molecule has 3 heterocycles. The molecule has 1 aliphatic heterocycles. The molecule has 2 aromatic heterocycles. The summed E-state index contributed by atoms with van der Waals surface area (Å²) in [5.74, 6) is 0.586. The lowest BCUT2D eigenvalue weighted by Crippen LogP contribution is -2.36. The van der Waals surface area contributed by atoms with E-state index in [4.69, 9.17) is 33.9 Å². The Morgan fingerprint density at radius 2 is 1.85 bits per heavy atom. The third-order valence-electron chi connectivity index (χ3n) is 5.98. The summed E-state index contributed by atoms with van der Waals surface area (Å²) in [6.07, 6.45) is 2.79. The SMILES string of the molecule is Nc1ccc(-c2nc3c(c(=O)[nH]2)CN(Cc2cccn2Cc2ccc(Cl)c(Cl)c2)CC3)cc1. The maximum absolute atomic E-state index is 12.9. The minimum absolute atomic E-state index is 0.0808. The van der Waals surface area contributed by atoms with Crippen LogP contribution >= 0.6 is 23.2 Å². The molecule has 4 aromatic rings. The van der Waals surface area contributed by atoms with Gasteiger partial charge in [-0.15, -0.1) is 0 Å². The minimum atomic E-state index is -0.0808. The summed E-state index contributed by atoms with van der Waals surface area (Å²) < 4.78 is 2.20. The number of rotatable bonds is 5. The first-order chi connectivity index (χ1) is 16.0. The van der Waals surface area contributed by atoms with Gasteiger partial charge in [0.2, 0.25) is 0 Å². The van der Waals surface area contributed by atoms with Crippen LogP contribution in [0.4, 0.5) is 5.69 Å². The van der Waals surface area contributed by atoms with Crippen LogP contribution in [0.25, 0.3) is 11.4 Å². The topological polar surface area (TPSA) is 79.9 Å². The van der Waals surface area contributed by atoms with Crippen molar-refractivity contribution in [2.24, 2.45) is 0 Å². The molecular formula is C25H23Cl2N5O. The summed E-state index contributed by atoms with van der Waals surface area (Å²) in [4.78, 5) is 22.8. The van der Waals surface area contributed by atoms with Gasteiger partial charge in [-0.05, 0) is 54.1 Å². The Morgan fingerprint density at radius 1 is 1.03 bits per heavy atom. The molecular weight excluding hydrogens is 457 g/mol. The van der Waals surface area contributed by atoms with Crippen molar-refractivity contribution in [1.82, 2.24) is 19.4 Å². The second kappa shape index (κ2) is 9.06. The van der Waals surface area contributed by atoms with Crippen LogP contribution in [0.3, 0.4) is 0 Å². The van der Waals surface area contributed by atoms with Gasteiger partial charge in [-0.2, -0.15) is 0 Å². The molecule has 0 atom stereocenters. The summed E-state index contributed by atoms with van der Waals surface area (Å²) in [6.45, 7) is 2.85. The number of nitrogens with two attached hydrogens (primary N) is 1. The third-order valence-corrected chi connectivity index (χ3v) is 6.72. The van der Waals surface area contributed by atoms with Gasteiger partial charge < -0.3 is 15.3 Å². The fourth-order valence-corrected chi connectivity index (χ4v) is 4.53. The molecule has 0 unspecified atom stereocenters. The number of nitrogen functional groups attached to an aromatic ring is 1. The average Bonchev–Trinajstić information content (AvgIpc) is 3.23. The van der Waals surface area contributed by atoms with Gasteiger partial charge in [0.25, 0.3) is 5.56 Å². The monoisotopic (exact) mass is 479 g/mol. The van der Waals surface area contributed by atoms with Crippen molar-refractivity contribution in [3.63, 3.8) is 0 Å². The van der Waals surface area contributed by atoms with E-state index < -0.39 is 0 Å². The first-order valence-corrected chi connectivity index (χ1v) is 11.5. The number of benzene rings is 2. The van der Waals surface area contributed by atoms with E-state index in [2.05, 4.69) is 26.7 Å². The van der Waals surface area contributed by atoms with Crippen LogP contribution in [-0.2, 0) is 26.1 Å². The molecule has 3 N–H and O–H groups in total. The van der Waals surface area contributed by atoms with Crippen LogP contribution in [0.15, 0.2) is 65.6 Å². The maximum atomic E-state index is 12.9. The highest BCUT2D eigenvalue weighted by Gasteiger charge is 2.22. The highest BCUT2D eigenvalue weighted by atomic mass is 35.5. The number of anilines is 1. The molecule has 0 fully saturated rings. The van der Waals surface area contributed by atoms with E-state index in [9.17, 15) is 4.79 Å². The van der Waals surface area contributed by atoms with E-state index in [1.807, 2.05) is 48.5 Å². The van der Waals surface area contributed by atoms with Crippen LogP contribution in [-0.4, -0.2) is 26.0 Å². The first-order valence-electron chi connectivity index (χ1n) is 10.7. The number of hydrogen-bond donors (Lipinski definition) is 2. The second-order valence-electron chi connectivity index (χ2n) is 8.30. The highest BCUT2D eigenvalue weighted by molar-refractivity contribution is 6.42. The Kier molecular flexibility index (Phi) is 5.98. The van der Waals surface area contributed by atoms with Crippen LogP contribution in [0, 0.1) is 0 Å². The van der Waals surface area contributed by atoms with Crippen LogP contribution in [0.1, 0.15) is 22.5 Å². The van der Waals surface area contributed by atoms with E-state index in [1.165, 1.54) is 5.69 Å². The zero-order valence-corrected chi connectivity index (χ0v) is 19.4. The molecule has 8 heteroatoms. The predicted molar refractivity (Wildman–Crippen MR) is 133 cm³/mol. The Labute approximate surface area is 201 Å². The fourth-order valence-electron chi connectivity index (χ4n) is 4.20. The average molecular weight is 480 g/mol. The Bertz CT molecular complexity index is 1360. The van der Waals surface area contributed by atoms with Gasteiger partial charge in [0.1, 0.15) is 5.82 Å². The van der Waals surface area contributed by atoms with E-state index in [-0.39, 0.29) is 5.56 Å². The van der Waals surface area contributed by atoms with Crippen molar-refractivity contribution in [2.45, 2.75) is 26.1 Å². The Hall–Kier alpha value is -3.06. The summed E-state index contributed by atoms with van der Waals surface area (Å²) in [6, 6.07) is 17.2. The van der Waals surface area contributed by atoms with Crippen LogP contribution in [0.2, 0.25) is 10.0 Å². The lowest BCUT2D eigenvalue weighted by Gasteiger charge is -2.28. The molecule has 0 saturated carbocycles.